The van der Waals surface area contributed by atoms with Gasteiger partial charge in [0.2, 0.25) is 0 Å². The fraction of sp³-hybridized carbons (Fsp3) is 0.625. The Labute approximate surface area is 116 Å². The molecule has 1 aliphatic rings. The molecule has 3 nitrogen and oxygen atoms in total. The molecule has 1 heterocycles. The van der Waals surface area contributed by atoms with Crippen molar-refractivity contribution in [2.45, 2.75) is 26.7 Å². The monoisotopic (exact) mass is 263 g/mol. The van der Waals surface area contributed by atoms with Crippen LogP contribution in [0.3, 0.4) is 0 Å². The highest BCUT2D eigenvalue weighted by molar-refractivity contribution is 5.33. The highest BCUT2D eigenvalue weighted by atomic mass is 16.5. The number of rotatable bonds is 5. The second kappa shape index (κ2) is 6.92. The molecule has 19 heavy (non-hydrogen) atoms. The van der Waals surface area contributed by atoms with E-state index in [-0.39, 0.29) is 0 Å². The summed E-state index contributed by atoms with van der Waals surface area (Å²) >= 11 is 0. The molecule has 0 aromatic heterocycles. The first kappa shape index (κ1) is 14.4. The van der Waals surface area contributed by atoms with Crippen molar-refractivity contribution in [1.82, 2.24) is 4.90 Å². The summed E-state index contributed by atoms with van der Waals surface area (Å²) in [6.07, 6.45) is 2.35. The number of hydrogen-bond acceptors (Lipinski definition) is 3. The van der Waals surface area contributed by atoms with Crippen molar-refractivity contribution in [3.63, 3.8) is 0 Å². The molecule has 106 valence electrons. The quantitative estimate of drug-likeness (QED) is 0.885. The van der Waals surface area contributed by atoms with Gasteiger partial charge in [-0.1, -0.05) is 6.07 Å². The molecule has 1 fully saturated rings. The molecular formula is C16H25NO2. The lowest BCUT2D eigenvalue weighted by molar-refractivity contribution is 0.107. The molecule has 1 aromatic rings. The predicted octanol–water partition coefficient (Wildman–Crippen LogP) is 2.39. The molecule has 0 amide bonds. The minimum Gasteiger partial charge on any atom is -0.492 e. The molecule has 1 aliphatic heterocycles. The maximum Gasteiger partial charge on any atom is 0.119 e. The van der Waals surface area contributed by atoms with Crippen LogP contribution < -0.4 is 4.74 Å². The van der Waals surface area contributed by atoms with Crippen molar-refractivity contribution in [3.8, 4) is 5.75 Å². The van der Waals surface area contributed by atoms with Gasteiger partial charge in [0.05, 0.1) is 0 Å². The second-order valence-electron chi connectivity index (χ2n) is 5.59. The van der Waals surface area contributed by atoms with Gasteiger partial charge in [-0.05, 0) is 62.4 Å². The van der Waals surface area contributed by atoms with Gasteiger partial charge >= 0.3 is 0 Å². The Hall–Kier alpha value is -1.06. The van der Waals surface area contributed by atoms with E-state index in [0.29, 0.717) is 12.5 Å². The Bertz CT molecular complexity index is 406. The molecule has 0 bridgehead atoms. The number of aliphatic hydroxyl groups excluding tert-OH is 1. The summed E-state index contributed by atoms with van der Waals surface area (Å²) in [6, 6.07) is 6.24. The SMILES string of the molecule is Cc1ccc(OCCN2CCCC(CO)C2)cc1C. The van der Waals surface area contributed by atoms with E-state index < -0.39 is 0 Å². The third-order valence-electron chi connectivity index (χ3n) is 4.02. The van der Waals surface area contributed by atoms with Gasteiger partial charge in [-0.2, -0.15) is 0 Å². The van der Waals surface area contributed by atoms with Crippen molar-refractivity contribution in [2.24, 2.45) is 5.92 Å². The normalized spacial score (nSPS) is 20.5. The maximum atomic E-state index is 9.21. The van der Waals surface area contributed by atoms with Crippen LogP contribution in [-0.4, -0.2) is 42.9 Å². The van der Waals surface area contributed by atoms with Gasteiger partial charge in [-0.3, -0.25) is 4.90 Å². The summed E-state index contributed by atoms with van der Waals surface area (Å²) in [5.74, 6) is 1.41. The Kier molecular flexibility index (Phi) is 5.23. The third kappa shape index (κ3) is 4.22. The largest absolute Gasteiger partial charge is 0.492 e. The van der Waals surface area contributed by atoms with E-state index in [9.17, 15) is 5.11 Å². The minimum absolute atomic E-state index is 0.314. The van der Waals surface area contributed by atoms with Crippen LogP contribution in [0.25, 0.3) is 0 Å². The Morgan fingerprint density at radius 2 is 2.16 bits per heavy atom. The van der Waals surface area contributed by atoms with E-state index in [1.54, 1.807) is 0 Å². The number of hydrogen-bond donors (Lipinski definition) is 1. The van der Waals surface area contributed by atoms with Crippen molar-refractivity contribution < 1.29 is 9.84 Å². The number of ether oxygens (including phenoxy) is 1. The predicted molar refractivity (Wildman–Crippen MR) is 77.7 cm³/mol. The van der Waals surface area contributed by atoms with E-state index in [1.165, 1.54) is 17.5 Å². The highest BCUT2D eigenvalue weighted by Crippen LogP contribution is 2.18. The van der Waals surface area contributed by atoms with Crippen molar-refractivity contribution in [2.75, 3.05) is 32.8 Å². The first-order valence-electron chi connectivity index (χ1n) is 7.22. The van der Waals surface area contributed by atoms with E-state index in [4.69, 9.17) is 4.74 Å². The van der Waals surface area contributed by atoms with Crippen LogP contribution in [0.1, 0.15) is 24.0 Å². The lowest BCUT2D eigenvalue weighted by Gasteiger charge is -2.31. The lowest BCUT2D eigenvalue weighted by atomic mass is 9.99. The standard InChI is InChI=1S/C16H25NO2/c1-13-5-6-16(10-14(13)2)19-9-8-17-7-3-4-15(11-17)12-18/h5-6,10,15,18H,3-4,7-9,11-12H2,1-2H3. The summed E-state index contributed by atoms with van der Waals surface area (Å²) in [5.41, 5.74) is 2.57. The Morgan fingerprint density at radius 3 is 2.89 bits per heavy atom. The van der Waals surface area contributed by atoms with Crippen LogP contribution in [0.5, 0.6) is 5.75 Å². The average Bonchev–Trinajstić information content (AvgIpc) is 2.43. The van der Waals surface area contributed by atoms with Crippen LogP contribution >= 0.6 is 0 Å². The fourth-order valence-corrected chi connectivity index (χ4v) is 2.60. The number of aliphatic hydroxyl groups is 1. The molecular weight excluding hydrogens is 238 g/mol. The van der Waals surface area contributed by atoms with Gasteiger partial charge in [0, 0.05) is 19.7 Å². The Morgan fingerprint density at radius 1 is 1.32 bits per heavy atom. The molecule has 3 heteroatoms. The first-order chi connectivity index (χ1) is 9.19. The number of piperidine rings is 1. The van der Waals surface area contributed by atoms with Crippen LogP contribution in [0.2, 0.25) is 0 Å². The molecule has 1 atom stereocenters. The zero-order valence-electron chi connectivity index (χ0n) is 12.1. The molecule has 0 radical (unpaired) electrons. The van der Waals surface area contributed by atoms with Crippen LogP contribution in [0.4, 0.5) is 0 Å². The number of aryl methyl sites for hydroxylation is 2. The zero-order valence-corrected chi connectivity index (χ0v) is 12.1. The summed E-state index contributed by atoms with van der Waals surface area (Å²) in [6.45, 7) is 8.35. The highest BCUT2D eigenvalue weighted by Gasteiger charge is 2.18. The van der Waals surface area contributed by atoms with Gasteiger partial charge in [0.25, 0.3) is 0 Å². The third-order valence-corrected chi connectivity index (χ3v) is 4.02. The molecule has 1 N–H and O–H groups in total. The van der Waals surface area contributed by atoms with E-state index in [0.717, 1.165) is 38.4 Å². The number of likely N-dealkylation sites (tertiary alicyclic amines) is 1. The summed E-state index contributed by atoms with van der Waals surface area (Å²) < 4.78 is 5.81. The van der Waals surface area contributed by atoms with E-state index >= 15 is 0 Å². The van der Waals surface area contributed by atoms with Gasteiger partial charge in [-0.15, -0.1) is 0 Å². The molecule has 0 saturated carbocycles. The van der Waals surface area contributed by atoms with Crippen molar-refractivity contribution >= 4 is 0 Å². The number of benzene rings is 1. The van der Waals surface area contributed by atoms with E-state index in [2.05, 4.69) is 30.9 Å². The molecule has 0 spiro atoms. The lowest BCUT2D eigenvalue weighted by Crippen LogP contribution is -2.39. The van der Waals surface area contributed by atoms with Crippen LogP contribution in [0.15, 0.2) is 18.2 Å². The van der Waals surface area contributed by atoms with Gasteiger partial charge in [-0.25, -0.2) is 0 Å². The van der Waals surface area contributed by atoms with Gasteiger partial charge < -0.3 is 9.84 Å². The molecule has 1 aromatic carbocycles. The van der Waals surface area contributed by atoms with Crippen molar-refractivity contribution in [3.05, 3.63) is 29.3 Å². The van der Waals surface area contributed by atoms with Crippen LogP contribution in [-0.2, 0) is 0 Å². The topological polar surface area (TPSA) is 32.7 Å². The molecule has 1 unspecified atom stereocenters. The van der Waals surface area contributed by atoms with Crippen LogP contribution in [0, 0.1) is 19.8 Å². The van der Waals surface area contributed by atoms with E-state index in [1.807, 2.05) is 6.07 Å². The molecule has 0 aliphatic carbocycles. The number of nitrogens with zero attached hydrogens (tertiary/aromatic N) is 1. The van der Waals surface area contributed by atoms with Gasteiger partial charge in [0.15, 0.2) is 0 Å². The second-order valence-corrected chi connectivity index (χ2v) is 5.59. The summed E-state index contributed by atoms with van der Waals surface area (Å²) in [4.78, 5) is 2.39. The smallest absolute Gasteiger partial charge is 0.119 e. The fourth-order valence-electron chi connectivity index (χ4n) is 2.60. The summed E-state index contributed by atoms with van der Waals surface area (Å²) in [5, 5.41) is 9.21. The average molecular weight is 263 g/mol. The van der Waals surface area contributed by atoms with Gasteiger partial charge in [0.1, 0.15) is 12.4 Å². The molecule has 2 rings (SSSR count). The maximum absolute atomic E-state index is 9.21. The Balaban J connectivity index is 1.75. The minimum atomic E-state index is 0.314. The zero-order chi connectivity index (χ0) is 13.7. The first-order valence-corrected chi connectivity index (χ1v) is 7.22. The van der Waals surface area contributed by atoms with Crippen molar-refractivity contribution in [1.29, 1.82) is 0 Å². The molecule has 1 saturated heterocycles. The summed E-state index contributed by atoms with van der Waals surface area (Å²) in [7, 11) is 0.